The van der Waals surface area contributed by atoms with Crippen LogP contribution >= 0.6 is 11.6 Å². The van der Waals surface area contributed by atoms with Gasteiger partial charge in [0.1, 0.15) is 0 Å². The summed E-state index contributed by atoms with van der Waals surface area (Å²) in [4.78, 5) is 16.9. The molecule has 0 radical (unpaired) electrons. The highest BCUT2D eigenvalue weighted by Gasteiger charge is 2.24. The number of nitrogens with zero attached hydrogens (tertiary/aromatic N) is 2. The lowest BCUT2D eigenvalue weighted by Gasteiger charge is -2.13. The fourth-order valence-electron chi connectivity index (χ4n) is 2.84. The van der Waals surface area contributed by atoms with Crippen LogP contribution in [-0.4, -0.2) is 9.55 Å². The van der Waals surface area contributed by atoms with E-state index in [2.05, 4.69) is 4.98 Å². The first-order valence-corrected chi connectivity index (χ1v) is 7.87. The van der Waals surface area contributed by atoms with E-state index in [0.29, 0.717) is 10.9 Å². The summed E-state index contributed by atoms with van der Waals surface area (Å²) in [6, 6.07) is 15.3. The number of halogens is 1. The molecule has 0 bridgehead atoms. The lowest BCUT2D eigenvalue weighted by Crippen LogP contribution is -2.23. The largest absolute Gasteiger partial charge is 0.352 e. The molecule has 0 atom stereocenters. The highest BCUT2D eigenvalue weighted by atomic mass is 35.5. The average Bonchev–Trinajstić information content (AvgIpc) is 3.32. The average molecular weight is 311 g/mol. The summed E-state index contributed by atoms with van der Waals surface area (Å²) < 4.78 is 1.64. The molecule has 0 unspecified atom stereocenters. The molecule has 0 N–H and O–H groups in total. The van der Waals surface area contributed by atoms with Crippen molar-refractivity contribution in [3.63, 3.8) is 0 Å². The smallest absolute Gasteiger partial charge is 0.260 e. The van der Waals surface area contributed by atoms with Crippen molar-refractivity contribution in [3.05, 3.63) is 69.7 Å². The zero-order chi connectivity index (χ0) is 15.1. The maximum atomic E-state index is 12.6. The van der Waals surface area contributed by atoms with E-state index in [1.165, 1.54) is 12.8 Å². The second-order valence-corrected chi connectivity index (χ2v) is 6.26. The predicted molar refractivity (Wildman–Crippen MR) is 88.8 cm³/mol. The Bertz CT molecular complexity index is 898. The van der Waals surface area contributed by atoms with Gasteiger partial charge in [-0.05, 0) is 55.5 Å². The van der Waals surface area contributed by atoms with Gasteiger partial charge in [-0.3, -0.25) is 4.57 Å². The van der Waals surface area contributed by atoms with Crippen LogP contribution in [0.25, 0.3) is 16.6 Å². The van der Waals surface area contributed by atoms with Gasteiger partial charge in [0.05, 0.1) is 16.9 Å². The van der Waals surface area contributed by atoms with Gasteiger partial charge in [0.2, 0.25) is 0 Å². The van der Waals surface area contributed by atoms with Gasteiger partial charge in [-0.15, -0.1) is 0 Å². The Labute approximate surface area is 133 Å². The van der Waals surface area contributed by atoms with E-state index in [1.54, 1.807) is 4.57 Å². The molecule has 0 saturated heterocycles. The molecule has 1 aliphatic rings. The number of fused-ring (bicyclic) bond motifs is 1. The normalized spacial score (nSPS) is 14.4. The van der Waals surface area contributed by atoms with E-state index in [4.69, 9.17) is 11.6 Å². The SMILES string of the molecule is O=c1nc(CC2CC2)c2ccc(Cl)cc2n1-c1ccccc1. The number of rotatable bonds is 3. The molecule has 22 heavy (non-hydrogen) atoms. The van der Waals surface area contributed by atoms with Crippen LogP contribution in [0.15, 0.2) is 53.3 Å². The molecule has 1 saturated carbocycles. The fourth-order valence-corrected chi connectivity index (χ4v) is 3.01. The Balaban J connectivity index is 2.02. The first-order valence-electron chi connectivity index (χ1n) is 7.49. The van der Waals surface area contributed by atoms with Crippen LogP contribution in [0.4, 0.5) is 0 Å². The summed E-state index contributed by atoms with van der Waals surface area (Å²) in [6.45, 7) is 0. The van der Waals surface area contributed by atoms with E-state index in [0.717, 1.165) is 28.7 Å². The molecule has 0 amide bonds. The van der Waals surface area contributed by atoms with Crippen LogP contribution in [0.5, 0.6) is 0 Å². The molecule has 0 spiro atoms. The number of benzene rings is 2. The van der Waals surface area contributed by atoms with Crippen molar-refractivity contribution in [2.45, 2.75) is 19.3 Å². The second-order valence-electron chi connectivity index (χ2n) is 5.82. The minimum absolute atomic E-state index is 0.239. The fraction of sp³-hybridized carbons (Fsp3) is 0.222. The molecule has 4 rings (SSSR count). The van der Waals surface area contributed by atoms with Gasteiger partial charge >= 0.3 is 5.69 Å². The van der Waals surface area contributed by atoms with Crippen LogP contribution < -0.4 is 5.69 Å². The molecule has 1 fully saturated rings. The number of para-hydroxylation sites is 1. The highest BCUT2D eigenvalue weighted by Crippen LogP contribution is 2.34. The molecule has 4 heteroatoms. The standard InChI is InChI=1S/C18H15ClN2O/c19-13-8-9-15-16(10-12-6-7-12)20-18(22)21(17(15)11-13)14-4-2-1-3-5-14/h1-5,8-9,11-12H,6-7,10H2. The summed E-state index contributed by atoms with van der Waals surface area (Å²) in [5.41, 5.74) is 2.29. The maximum absolute atomic E-state index is 12.6. The van der Waals surface area contributed by atoms with Crippen LogP contribution in [-0.2, 0) is 6.42 Å². The van der Waals surface area contributed by atoms with E-state index in [-0.39, 0.29) is 5.69 Å². The molecule has 1 aromatic heterocycles. The van der Waals surface area contributed by atoms with Gasteiger partial charge in [0.25, 0.3) is 0 Å². The Kier molecular flexibility index (Phi) is 3.23. The second kappa shape index (κ2) is 5.25. The summed E-state index contributed by atoms with van der Waals surface area (Å²) in [5, 5.41) is 1.64. The quantitative estimate of drug-likeness (QED) is 0.733. The molecule has 1 heterocycles. The Morgan fingerprint density at radius 2 is 1.91 bits per heavy atom. The van der Waals surface area contributed by atoms with Gasteiger partial charge in [0.15, 0.2) is 0 Å². The van der Waals surface area contributed by atoms with Crippen molar-refractivity contribution in [3.8, 4) is 5.69 Å². The maximum Gasteiger partial charge on any atom is 0.352 e. The Morgan fingerprint density at radius 1 is 1.14 bits per heavy atom. The summed E-state index contributed by atoms with van der Waals surface area (Å²) in [7, 11) is 0. The third-order valence-corrected chi connectivity index (χ3v) is 4.36. The minimum Gasteiger partial charge on any atom is -0.260 e. The lowest BCUT2D eigenvalue weighted by atomic mass is 10.1. The molecule has 0 aliphatic heterocycles. The first-order chi connectivity index (χ1) is 10.7. The van der Waals surface area contributed by atoms with Crippen molar-refractivity contribution in [2.75, 3.05) is 0 Å². The topological polar surface area (TPSA) is 34.9 Å². The van der Waals surface area contributed by atoms with Gasteiger partial charge in [-0.25, -0.2) is 4.79 Å². The first kappa shape index (κ1) is 13.5. The summed E-state index contributed by atoms with van der Waals surface area (Å²) >= 11 is 6.17. The lowest BCUT2D eigenvalue weighted by molar-refractivity contribution is 0.791. The van der Waals surface area contributed by atoms with Gasteiger partial charge in [-0.1, -0.05) is 29.8 Å². The van der Waals surface area contributed by atoms with E-state index < -0.39 is 0 Å². The molecule has 3 aromatic rings. The molecule has 2 aromatic carbocycles. The monoisotopic (exact) mass is 310 g/mol. The van der Waals surface area contributed by atoms with Crippen LogP contribution in [0.1, 0.15) is 18.5 Å². The molecule has 3 nitrogen and oxygen atoms in total. The van der Waals surface area contributed by atoms with E-state index in [9.17, 15) is 4.79 Å². The Morgan fingerprint density at radius 3 is 2.64 bits per heavy atom. The number of aromatic nitrogens is 2. The Hall–Kier alpha value is -2.13. The van der Waals surface area contributed by atoms with E-state index in [1.807, 2.05) is 48.5 Å². The summed E-state index contributed by atoms with van der Waals surface area (Å²) in [5.74, 6) is 0.679. The molecular formula is C18H15ClN2O. The molecular weight excluding hydrogens is 296 g/mol. The van der Waals surface area contributed by atoms with Crippen molar-refractivity contribution in [1.82, 2.24) is 9.55 Å². The van der Waals surface area contributed by atoms with Gasteiger partial charge in [0, 0.05) is 10.4 Å². The zero-order valence-electron chi connectivity index (χ0n) is 12.0. The molecule has 110 valence electrons. The highest BCUT2D eigenvalue weighted by molar-refractivity contribution is 6.31. The third-order valence-electron chi connectivity index (χ3n) is 4.13. The van der Waals surface area contributed by atoms with E-state index >= 15 is 0 Å². The number of hydrogen-bond acceptors (Lipinski definition) is 2. The van der Waals surface area contributed by atoms with Crippen LogP contribution in [0.2, 0.25) is 5.02 Å². The predicted octanol–water partition coefficient (Wildman–Crippen LogP) is 3.99. The minimum atomic E-state index is -0.239. The third kappa shape index (κ3) is 2.42. The zero-order valence-corrected chi connectivity index (χ0v) is 12.8. The van der Waals surface area contributed by atoms with Crippen molar-refractivity contribution in [2.24, 2.45) is 5.92 Å². The molecule has 1 aliphatic carbocycles. The van der Waals surface area contributed by atoms with Crippen LogP contribution in [0, 0.1) is 5.92 Å². The number of hydrogen-bond donors (Lipinski definition) is 0. The van der Waals surface area contributed by atoms with Crippen molar-refractivity contribution in [1.29, 1.82) is 0 Å². The van der Waals surface area contributed by atoms with Gasteiger partial charge in [-0.2, -0.15) is 4.98 Å². The summed E-state index contributed by atoms with van der Waals surface area (Å²) in [6.07, 6.45) is 3.35. The van der Waals surface area contributed by atoms with Crippen molar-refractivity contribution < 1.29 is 0 Å². The van der Waals surface area contributed by atoms with Gasteiger partial charge < -0.3 is 0 Å². The van der Waals surface area contributed by atoms with Crippen LogP contribution in [0.3, 0.4) is 0 Å². The van der Waals surface area contributed by atoms with Crippen molar-refractivity contribution >= 4 is 22.5 Å².